The second kappa shape index (κ2) is 7.69. The van der Waals surface area contributed by atoms with Gasteiger partial charge in [-0.1, -0.05) is 0 Å². The zero-order valence-corrected chi connectivity index (χ0v) is 14.2. The zero-order chi connectivity index (χ0) is 18.5. The van der Waals surface area contributed by atoms with Crippen molar-refractivity contribution in [3.05, 3.63) is 64.4 Å². The summed E-state index contributed by atoms with van der Waals surface area (Å²) in [5.74, 6) is -0.260. The Labute approximate surface area is 149 Å². The van der Waals surface area contributed by atoms with Gasteiger partial charge in [0.25, 0.3) is 5.91 Å². The van der Waals surface area contributed by atoms with Crippen LogP contribution in [-0.4, -0.2) is 18.4 Å². The van der Waals surface area contributed by atoms with E-state index in [1.807, 2.05) is 6.92 Å². The van der Waals surface area contributed by atoms with Crippen LogP contribution in [0.5, 0.6) is 0 Å². The topological polar surface area (TPSA) is 102 Å². The molecule has 2 aromatic heterocycles. The van der Waals surface area contributed by atoms with Gasteiger partial charge in [0.05, 0.1) is 6.26 Å². The molecule has 0 atom stereocenters. The van der Waals surface area contributed by atoms with Gasteiger partial charge in [0.1, 0.15) is 5.58 Å². The molecule has 0 saturated heterocycles. The Morgan fingerprint density at radius 1 is 1.15 bits per heavy atom. The minimum absolute atomic E-state index is 0.188. The van der Waals surface area contributed by atoms with Gasteiger partial charge in [0.2, 0.25) is 5.91 Å². The third-order valence-electron chi connectivity index (χ3n) is 3.85. The summed E-state index contributed by atoms with van der Waals surface area (Å²) in [7, 11) is 0. The second-order valence-electron chi connectivity index (χ2n) is 5.84. The van der Waals surface area contributed by atoms with Crippen molar-refractivity contribution in [1.82, 2.24) is 5.32 Å². The predicted molar refractivity (Wildman–Crippen MR) is 96.1 cm³/mol. The lowest BCUT2D eigenvalue weighted by Gasteiger charge is -2.07. The van der Waals surface area contributed by atoms with Crippen molar-refractivity contribution >= 4 is 28.5 Å². The highest BCUT2D eigenvalue weighted by Crippen LogP contribution is 2.20. The normalized spacial score (nSPS) is 10.7. The Morgan fingerprint density at radius 3 is 2.77 bits per heavy atom. The van der Waals surface area contributed by atoms with E-state index in [4.69, 9.17) is 8.83 Å². The molecule has 3 rings (SSSR count). The number of hydrogen-bond acceptors (Lipinski definition) is 5. The number of anilines is 1. The van der Waals surface area contributed by atoms with Gasteiger partial charge in [0, 0.05) is 36.2 Å². The van der Waals surface area contributed by atoms with Crippen LogP contribution in [0, 0.1) is 6.92 Å². The molecular weight excluding hydrogens is 336 g/mol. The average Bonchev–Trinajstić information content (AvgIpc) is 3.12. The first kappa shape index (κ1) is 17.5. The van der Waals surface area contributed by atoms with Crippen molar-refractivity contribution in [2.75, 3.05) is 11.9 Å². The average molecular weight is 354 g/mol. The monoisotopic (exact) mass is 354 g/mol. The molecule has 2 amide bonds. The maximum atomic E-state index is 12.0. The Hall–Kier alpha value is -3.35. The molecule has 3 aromatic rings. The minimum atomic E-state index is -0.425. The first-order valence-electron chi connectivity index (χ1n) is 8.19. The fourth-order valence-corrected chi connectivity index (χ4v) is 2.57. The maximum absolute atomic E-state index is 12.0. The predicted octanol–water partition coefficient (Wildman–Crippen LogP) is 2.84. The lowest BCUT2D eigenvalue weighted by molar-refractivity contribution is -0.116. The third kappa shape index (κ3) is 4.18. The van der Waals surface area contributed by atoms with E-state index in [0.29, 0.717) is 24.2 Å². The molecule has 134 valence electrons. The van der Waals surface area contributed by atoms with E-state index < -0.39 is 5.63 Å². The molecule has 2 heterocycles. The van der Waals surface area contributed by atoms with Crippen LogP contribution < -0.4 is 16.3 Å². The molecule has 0 aliphatic carbocycles. The Kier molecular flexibility index (Phi) is 5.17. The molecule has 2 N–H and O–H groups in total. The summed E-state index contributed by atoms with van der Waals surface area (Å²) < 4.78 is 10.1. The maximum Gasteiger partial charge on any atom is 0.336 e. The quantitative estimate of drug-likeness (QED) is 0.523. The number of hydrogen-bond donors (Lipinski definition) is 2. The highest BCUT2D eigenvalue weighted by atomic mass is 16.4. The number of fused-ring (bicyclic) bond motifs is 1. The Morgan fingerprint density at radius 2 is 2.00 bits per heavy atom. The van der Waals surface area contributed by atoms with Crippen LogP contribution in [0.4, 0.5) is 5.69 Å². The number of nitrogens with one attached hydrogen (secondary N) is 2. The number of furan rings is 1. The van der Waals surface area contributed by atoms with Crippen LogP contribution >= 0.6 is 0 Å². The van der Waals surface area contributed by atoms with Crippen LogP contribution in [0.15, 0.2) is 56.3 Å². The molecular formula is C19H18N2O5. The van der Waals surface area contributed by atoms with Gasteiger partial charge in [0.15, 0.2) is 5.76 Å². The van der Waals surface area contributed by atoms with Gasteiger partial charge in [-0.2, -0.15) is 0 Å². The first-order chi connectivity index (χ1) is 12.5. The highest BCUT2D eigenvalue weighted by molar-refractivity contribution is 5.94. The van der Waals surface area contributed by atoms with E-state index >= 15 is 0 Å². The number of amides is 2. The number of benzene rings is 1. The summed E-state index contributed by atoms with van der Waals surface area (Å²) in [4.78, 5) is 35.2. The van der Waals surface area contributed by atoms with Crippen molar-refractivity contribution in [3.63, 3.8) is 0 Å². The highest BCUT2D eigenvalue weighted by Gasteiger charge is 2.09. The van der Waals surface area contributed by atoms with Crippen molar-refractivity contribution in [2.45, 2.75) is 19.8 Å². The molecule has 0 fully saturated rings. The van der Waals surface area contributed by atoms with Crippen LogP contribution in [0.25, 0.3) is 11.0 Å². The van der Waals surface area contributed by atoms with E-state index in [0.717, 1.165) is 10.9 Å². The SMILES string of the molecule is Cc1cc(=O)oc2cc(NC(=O)CCCNC(=O)c3ccco3)ccc12. The fourth-order valence-electron chi connectivity index (χ4n) is 2.57. The Bertz CT molecular complexity index is 989. The molecule has 26 heavy (non-hydrogen) atoms. The van der Waals surface area contributed by atoms with Crippen LogP contribution in [-0.2, 0) is 4.79 Å². The molecule has 0 aliphatic heterocycles. The van der Waals surface area contributed by atoms with E-state index in [-0.39, 0.29) is 24.0 Å². The van der Waals surface area contributed by atoms with E-state index in [9.17, 15) is 14.4 Å². The lowest BCUT2D eigenvalue weighted by Crippen LogP contribution is -2.25. The molecule has 0 aliphatic rings. The molecule has 0 saturated carbocycles. The van der Waals surface area contributed by atoms with E-state index in [1.165, 1.54) is 12.3 Å². The summed E-state index contributed by atoms with van der Waals surface area (Å²) in [6, 6.07) is 9.81. The van der Waals surface area contributed by atoms with E-state index in [1.54, 1.807) is 30.3 Å². The Balaban J connectivity index is 1.51. The summed E-state index contributed by atoms with van der Waals surface area (Å²) >= 11 is 0. The van der Waals surface area contributed by atoms with Gasteiger partial charge < -0.3 is 19.5 Å². The third-order valence-corrected chi connectivity index (χ3v) is 3.85. The minimum Gasteiger partial charge on any atom is -0.459 e. The van der Waals surface area contributed by atoms with Crippen molar-refractivity contribution in [3.8, 4) is 0 Å². The van der Waals surface area contributed by atoms with E-state index in [2.05, 4.69) is 10.6 Å². The zero-order valence-electron chi connectivity index (χ0n) is 14.2. The molecule has 0 unspecified atom stereocenters. The summed E-state index contributed by atoms with van der Waals surface area (Å²) in [5.41, 5.74) is 1.38. The molecule has 1 aromatic carbocycles. The van der Waals surface area contributed by atoms with Crippen LogP contribution in [0.3, 0.4) is 0 Å². The number of rotatable bonds is 6. The summed E-state index contributed by atoms with van der Waals surface area (Å²) in [6.45, 7) is 2.19. The van der Waals surface area contributed by atoms with Gasteiger partial charge in [-0.05, 0) is 43.2 Å². The van der Waals surface area contributed by atoms with Gasteiger partial charge >= 0.3 is 5.63 Å². The van der Waals surface area contributed by atoms with Crippen LogP contribution in [0.2, 0.25) is 0 Å². The molecule has 0 spiro atoms. The van der Waals surface area contributed by atoms with Crippen molar-refractivity contribution in [1.29, 1.82) is 0 Å². The standard InChI is InChI=1S/C19H18N2O5/c1-12-10-18(23)26-16-11-13(6-7-14(12)16)21-17(22)5-2-8-20-19(24)15-4-3-9-25-15/h3-4,6-7,9-11H,2,5,8H2,1H3,(H,20,24)(H,21,22). The summed E-state index contributed by atoms with van der Waals surface area (Å²) in [6.07, 6.45) is 2.16. The molecule has 0 radical (unpaired) electrons. The fraction of sp³-hybridized carbons (Fsp3) is 0.211. The van der Waals surface area contributed by atoms with Crippen molar-refractivity contribution in [2.24, 2.45) is 0 Å². The van der Waals surface area contributed by atoms with Crippen molar-refractivity contribution < 1.29 is 18.4 Å². The first-order valence-corrected chi connectivity index (χ1v) is 8.19. The van der Waals surface area contributed by atoms with Gasteiger partial charge in [-0.3, -0.25) is 9.59 Å². The van der Waals surface area contributed by atoms with Gasteiger partial charge in [-0.15, -0.1) is 0 Å². The number of carbonyl (C=O) groups excluding carboxylic acids is 2. The smallest absolute Gasteiger partial charge is 0.336 e. The number of aryl methyl sites for hydroxylation is 1. The lowest BCUT2D eigenvalue weighted by atomic mass is 10.1. The van der Waals surface area contributed by atoms with Gasteiger partial charge in [-0.25, -0.2) is 4.79 Å². The molecule has 7 heteroatoms. The van der Waals surface area contributed by atoms with Crippen LogP contribution in [0.1, 0.15) is 29.0 Å². The molecule has 0 bridgehead atoms. The summed E-state index contributed by atoms with van der Waals surface area (Å²) in [5, 5.41) is 6.26. The second-order valence-corrected chi connectivity index (χ2v) is 5.84. The molecule has 7 nitrogen and oxygen atoms in total. The number of carbonyl (C=O) groups is 2. The largest absolute Gasteiger partial charge is 0.459 e.